The molecule has 1 saturated heterocycles. The van der Waals surface area contributed by atoms with Crippen LogP contribution in [0, 0.1) is 5.82 Å². The van der Waals surface area contributed by atoms with Crippen LogP contribution in [0.1, 0.15) is 24.4 Å². The lowest BCUT2D eigenvalue weighted by Gasteiger charge is -2.25. The Bertz CT molecular complexity index is 839. The molecule has 0 bridgehead atoms. The number of rotatable bonds is 4. The quantitative estimate of drug-likeness (QED) is 0.756. The molecular formula is C17H17BrFNO3S. The molecule has 2 aromatic rings. The average molecular weight is 414 g/mol. The van der Waals surface area contributed by atoms with Gasteiger partial charge in [-0.1, -0.05) is 28.1 Å². The normalized spacial score (nSPS) is 18.7. The summed E-state index contributed by atoms with van der Waals surface area (Å²) in [4.78, 5) is 0.133. The molecule has 0 saturated carbocycles. The molecule has 0 radical (unpaired) electrons. The van der Waals surface area contributed by atoms with Gasteiger partial charge in [0.05, 0.1) is 13.2 Å². The summed E-state index contributed by atoms with van der Waals surface area (Å²) in [6, 6.07) is 10.6. The molecule has 1 fully saturated rings. The van der Waals surface area contributed by atoms with Crippen molar-refractivity contribution < 1.29 is 17.5 Å². The summed E-state index contributed by atoms with van der Waals surface area (Å²) in [7, 11) is -2.28. The van der Waals surface area contributed by atoms with Crippen LogP contribution < -0.4 is 4.74 Å². The van der Waals surface area contributed by atoms with Crippen molar-refractivity contribution in [3.8, 4) is 5.75 Å². The van der Waals surface area contributed by atoms with Gasteiger partial charge in [0.1, 0.15) is 16.5 Å². The zero-order valence-electron chi connectivity index (χ0n) is 13.1. The fraction of sp³-hybridized carbons (Fsp3) is 0.294. The van der Waals surface area contributed by atoms with E-state index in [0.717, 1.165) is 12.0 Å². The first-order valence-electron chi connectivity index (χ1n) is 7.54. The molecule has 128 valence electrons. The van der Waals surface area contributed by atoms with Crippen LogP contribution in [0.4, 0.5) is 4.39 Å². The molecular weight excluding hydrogens is 397 g/mol. The maximum absolute atomic E-state index is 13.2. The molecule has 1 unspecified atom stereocenters. The molecule has 1 heterocycles. The van der Waals surface area contributed by atoms with E-state index >= 15 is 0 Å². The highest BCUT2D eigenvalue weighted by molar-refractivity contribution is 9.10. The summed E-state index contributed by atoms with van der Waals surface area (Å²) in [5.41, 5.74) is 0.798. The van der Waals surface area contributed by atoms with Crippen molar-refractivity contribution in [3.63, 3.8) is 0 Å². The van der Waals surface area contributed by atoms with E-state index in [0.29, 0.717) is 23.2 Å². The van der Waals surface area contributed by atoms with Crippen LogP contribution in [-0.4, -0.2) is 26.4 Å². The number of sulfonamides is 1. The Morgan fingerprint density at radius 2 is 1.92 bits per heavy atom. The molecule has 0 aliphatic carbocycles. The Morgan fingerprint density at radius 3 is 2.58 bits per heavy atom. The molecule has 24 heavy (non-hydrogen) atoms. The highest BCUT2D eigenvalue weighted by Crippen LogP contribution is 2.39. The average Bonchev–Trinajstić information content (AvgIpc) is 3.06. The molecule has 4 nitrogen and oxygen atoms in total. The SMILES string of the molecule is COc1ccc(Br)cc1S(=O)(=O)N1CCCC1c1ccc(F)cc1. The van der Waals surface area contributed by atoms with Gasteiger partial charge in [0.25, 0.3) is 0 Å². The number of halogens is 2. The van der Waals surface area contributed by atoms with Gasteiger partial charge < -0.3 is 4.74 Å². The Hall–Kier alpha value is -1.44. The van der Waals surface area contributed by atoms with E-state index in [1.54, 1.807) is 30.3 Å². The minimum atomic E-state index is -3.73. The Balaban J connectivity index is 2.02. The second-order valence-corrected chi connectivity index (χ2v) is 8.40. The van der Waals surface area contributed by atoms with Gasteiger partial charge >= 0.3 is 0 Å². The fourth-order valence-electron chi connectivity index (χ4n) is 3.02. The molecule has 2 aromatic carbocycles. The molecule has 1 atom stereocenters. The summed E-state index contributed by atoms with van der Waals surface area (Å²) in [6.45, 7) is 0.431. The summed E-state index contributed by atoms with van der Waals surface area (Å²) in [6.07, 6.45) is 1.47. The minimum absolute atomic E-state index is 0.133. The lowest BCUT2D eigenvalue weighted by atomic mass is 10.1. The molecule has 1 aliphatic rings. The molecule has 0 N–H and O–H groups in total. The highest BCUT2D eigenvalue weighted by atomic mass is 79.9. The summed E-state index contributed by atoms with van der Waals surface area (Å²) in [5, 5.41) is 0. The van der Waals surface area contributed by atoms with Gasteiger partial charge in [0.15, 0.2) is 0 Å². The number of nitrogens with zero attached hydrogens (tertiary/aromatic N) is 1. The number of benzene rings is 2. The third kappa shape index (κ3) is 3.20. The zero-order chi connectivity index (χ0) is 17.3. The maximum atomic E-state index is 13.2. The maximum Gasteiger partial charge on any atom is 0.247 e. The van der Waals surface area contributed by atoms with Crippen molar-refractivity contribution >= 4 is 26.0 Å². The first kappa shape index (κ1) is 17.4. The van der Waals surface area contributed by atoms with Crippen LogP contribution >= 0.6 is 15.9 Å². The topological polar surface area (TPSA) is 46.6 Å². The van der Waals surface area contributed by atoms with Gasteiger partial charge in [-0.15, -0.1) is 0 Å². The smallest absolute Gasteiger partial charge is 0.247 e. The van der Waals surface area contributed by atoms with Gasteiger partial charge in [0.2, 0.25) is 10.0 Å². The van der Waals surface area contributed by atoms with E-state index in [4.69, 9.17) is 4.74 Å². The summed E-state index contributed by atoms with van der Waals surface area (Å²) in [5.74, 6) is -0.0252. The number of methoxy groups -OCH3 is 1. The van der Waals surface area contributed by atoms with Gasteiger partial charge in [-0.05, 0) is 48.7 Å². The Labute approximate surface area is 149 Å². The third-order valence-electron chi connectivity index (χ3n) is 4.17. The predicted octanol–water partition coefficient (Wildman–Crippen LogP) is 4.12. The van der Waals surface area contributed by atoms with Crippen LogP contribution in [0.15, 0.2) is 51.8 Å². The van der Waals surface area contributed by atoms with Gasteiger partial charge in [-0.2, -0.15) is 4.31 Å². The lowest BCUT2D eigenvalue weighted by Crippen LogP contribution is -2.31. The van der Waals surface area contributed by atoms with E-state index in [-0.39, 0.29) is 16.8 Å². The second kappa shape index (κ2) is 6.82. The highest BCUT2D eigenvalue weighted by Gasteiger charge is 2.37. The minimum Gasteiger partial charge on any atom is -0.495 e. The molecule has 0 aromatic heterocycles. The zero-order valence-corrected chi connectivity index (χ0v) is 15.5. The summed E-state index contributed by atoms with van der Waals surface area (Å²) < 4.78 is 46.9. The monoisotopic (exact) mass is 413 g/mol. The van der Waals surface area contributed by atoms with Crippen molar-refractivity contribution in [2.24, 2.45) is 0 Å². The number of hydrogen-bond donors (Lipinski definition) is 0. The van der Waals surface area contributed by atoms with Crippen molar-refractivity contribution in [1.82, 2.24) is 4.31 Å². The first-order chi connectivity index (χ1) is 11.4. The van der Waals surface area contributed by atoms with Crippen LogP contribution in [0.3, 0.4) is 0 Å². The van der Waals surface area contributed by atoms with Gasteiger partial charge in [0, 0.05) is 11.0 Å². The van der Waals surface area contributed by atoms with Gasteiger partial charge in [-0.25, -0.2) is 12.8 Å². The Kier molecular flexibility index (Phi) is 4.94. The molecule has 3 rings (SSSR count). The van der Waals surface area contributed by atoms with Crippen molar-refractivity contribution in [3.05, 3.63) is 58.3 Å². The van der Waals surface area contributed by atoms with Crippen molar-refractivity contribution in [2.75, 3.05) is 13.7 Å². The van der Waals surface area contributed by atoms with E-state index in [2.05, 4.69) is 15.9 Å². The largest absolute Gasteiger partial charge is 0.495 e. The van der Waals surface area contributed by atoms with Crippen LogP contribution in [-0.2, 0) is 10.0 Å². The molecule has 1 aliphatic heterocycles. The van der Waals surface area contributed by atoms with Gasteiger partial charge in [-0.3, -0.25) is 0 Å². The summed E-state index contributed by atoms with van der Waals surface area (Å²) >= 11 is 3.31. The first-order valence-corrected chi connectivity index (χ1v) is 9.77. The number of ether oxygens (including phenoxy) is 1. The lowest BCUT2D eigenvalue weighted by molar-refractivity contribution is 0.380. The van der Waals surface area contributed by atoms with E-state index in [9.17, 15) is 12.8 Å². The number of hydrogen-bond acceptors (Lipinski definition) is 3. The van der Waals surface area contributed by atoms with Crippen LogP contribution in [0.2, 0.25) is 0 Å². The Morgan fingerprint density at radius 1 is 1.21 bits per heavy atom. The van der Waals surface area contributed by atoms with E-state index in [1.807, 2.05) is 0 Å². The third-order valence-corrected chi connectivity index (χ3v) is 6.59. The second-order valence-electron chi connectivity index (χ2n) is 5.62. The van der Waals surface area contributed by atoms with Crippen LogP contribution in [0.5, 0.6) is 5.75 Å². The van der Waals surface area contributed by atoms with Crippen LogP contribution in [0.25, 0.3) is 0 Å². The standard InChI is InChI=1S/C17H17BrFNO3S/c1-23-16-9-6-13(18)11-17(16)24(21,22)20-10-2-3-15(20)12-4-7-14(19)8-5-12/h4-9,11,15H,2-3,10H2,1H3. The fourth-order valence-corrected chi connectivity index (χ4v) is 5.40. The van der Waals surface area contributed by atoms with Crippen molar-refractivity contribution in [1.29, 1.82) is 0 Å². The van der Waals surface area contributed by atoms with Crippen molar-refractivity contribution in [2.45, 2.75) is 23.8 Å². The molecule has 0 amide bonds. The molecule has 7 heteroatoms. The van der Waals surface area contributed by atoms with E-state index in [1.165, 1.54) is 23.5 Å². The predicted molar refractivity (Wildman–Crippen MR) is 93.0 cm³/mol. The molecule has 0 spiro atoms. The van der Waals surface area contributed by atoms with E-state index < -0.39 is 10.0 Å².